The summed E-state index contributed by atoms with van der Waals surface area (Å²) in [7, 11) is 15.0. The number of ketones is 8. The molecule has 0 spiro atoms. The summed E-state index contributed by atoms with van der Waals surface area (Å²) in [5.41, 5.74) is 8.74. The number of ether oxygens (including phenoxy) is 3. The Labute approximate surface area is 638 Å². The number of carbonyl (C=O) groups is 12. The van der Waals surface area contributed by atoms with Gasteiger partial charge in [0.15, 0.2) is 40.6 Å². The van der Waals surface area contributed by atoms with Crippen LogP contribution >= 0.6 is 0 Å². The number of rotatable bonds is 32. The molecule has 8 heterocycles. The normalized spacial score (nSPS) is 10.8. The third-order valence-electron chi connectivity index (χ3n) is 16.2. The third kappa shape index (κ3) is 27.8. The van der Waals surface area contributed by atoms with Crippen molar-refractivity contribution < 1.29 is 95.0 Å². The van der Waals surface area contributed by atoms with Crippen LogP contribution in [0.25, 0.3) is 0 Å². The largest absolute Gasteiger partial charge is 1.00 e. The van der Waals surface area contributed by atoms with Crippen molar-refractivity contribution in [2.24, 2.45) is 56.4 Å². The van der Waals surface area contributed by atoms with E-state index in [2.05, 4.69) is 31.1 Å². The van der Waals surface area contributed by atoms with Crippen LogP contribution in [0.2, 0.25) is 0 Å². The van der Waals surface area contributed by atoms with Gasteiger partial charge in [-0.1, -0.05) is 28.7 Å². The molecule has 590 valence electrons. The van der Waals surface area contributed by atoms with Gasteiger partial charge in [0.05, 0.1) is 77.7 Å². The number of aromatic carboxylic acids is 1. The Bertz CT molecular complexity index is 4510. The van der Waals surface area contributed by atoms with E-state index in [-0.39, 0.29) is 143 Å². The lowest BCUT2D eigenvalue weighted by Crippen LogP contribution is -3.00. The summed E-state index contributed by atoms with van der Waals surface area (Å²) < 4.78 is 27.9. The molecule has 0 radical (unpaired) electrons. The SMILES string of the molecule is C.C.C.CC(=O)CCCCCC(=O)c1cc(CC(=O)c2cc(CC(=O)c3nc(CC(=O)c4cc(NC(=O)OC(C)(C)C)cn4C)cn3C)cn2C)cn1C.COC(=O)CCCC[NH3+].Cn1cc(CC(=O)c2cc(CC(=O)c3nc(CC(=O)c4cc(NC(=O)OC(C)(C)C)cn4C)cn3C)cn2C)cc1C(=O)O.[Cl-]. The highest BCUT2D eigenvalue weighted by Crippen LogP contribution is 2.23. The number of anilines is 2. The predicted molar refractivity (Wildman–Crippen MR) is 406 cm³/mol. The van der Waals surface area contributed by atoms with E-state index in [0.717, 1.165) is 37.8 Å². The first kappa shape index (κ1) is 93.3. The molecule has 8 aromatic rings. The summed E-state index contributed by atoms with van der Waals surface area (Å²) in [5, 5.41) is 14.5. The van der Waals surface area contributed by atoms with E-state index in [0.29, 0.717) is 93.6 Å². The smallest absolute Gasteiger partial charge is 0.412 e. The summed E-state index contributed by atoms with van der Waals surface area (Å²) in [6.45, 7) is 13.0. The van der Waals surface area contributed by atoms with Crippen molar-refractivity contribution in [2.75, 3.05) is 24.3 Å². The van der Waals surface area contributed by atoms with Gasteiger partial charge in [-0.05, 0) is 133 Å². The van der Waals surface area contributed by atoms with Gasteiger partial charge in [-0.3, -0.25) is 49.0 Å². The number of unbranched alkanes of at least 4 members (excludes halogenated alkanes) is 3. The minimum absolute atomic E-state index is 0. The lowest BCUT2D eigenvalue weighted by atomic mass is 10.1. The summed E-state index contributed by atoms with van der Waals surface area (Å²) in [6, 6.07) is 9.68. The molecule has 0 unspecified atom stereocenters. The number of nitrogens with zero attached hydrogens (tertiary/aromatic N) is 10. The molecule has 8 aromatic heterocycles. The minimum Gasteiger partial charge on any atom is -1.00 e. The number of amides is 2. The third-order valence-corrected chi connectivity index (χ3v) is 16.2. The van der Waals surface area contributed by atoms with Crippen molar-refractivity contribution in [3.63, 3.8) is 0 Å². The van der Waals surface area contributed by atoms with Crippen molar-refractivity contribution >= 4 is 81.8 Å². The number of Topliss-reactive ketones (excluding diaryl/α,β-unsaturated/α-hetero) is 8. The number of aryl methyl sites for hydroxylation is 8. The van der Waals surface area contributed by atoms with Crippen molar-refractivity contribution in [1.29, 1.82) is 0 Å². The average molecular weight is 1520 g/mol. The van der Waals surface area contributed by atoms with Gasteiger partial charge < -0.3 is 78.8 Å². The van der Waals surface area contributed by atoms with Crippen molar-refractivity contribution in [3.8, 4) is 0 Å². The molecule has 8 rings (SSSR count). The Morgan fingerprint density at radius 1 is 0.407 bits per heavy atom. The van der Waals surface area contributed by atoms with Crippen LogP contribution in [0.3, 0.4) is 0 Å². The molecule has 29 nitrogen and oxygen atoms in total. The van der Waals surface area contributed by atoms with E-state index in [9.17, 15) is 62.6 Å². The number of hydrogen-bond acceptors (Lipinski definition) is 17. The van der Waals surface area contributed by atoms with Crippen LogP contribution in [0.15, 0.2) is 86.0 Å². The topological polar surface area (TPSA) is 370 Å². The second-order valence-electron chi connectivity index (χ2n) is 27.9. The van der Waals surface area contributed by atoms with Gasteiger partial charge in [-0.25, -0.2) is 24.4 Å². The highest BCUT2D eigenvalue weighted by atomic mass is 35.5. The lowest BCUT2D eigenvalue weighted by molar-refractivity contribution is -0.368. The second kappa shape index (κ2) is 41.3. The summed E-state index contributed by atoms with van der Waals surface area (Å²) in [6.07, 6.45) is 17.7. The van der Waals surface area contributed by atoms with Gasteiger partial charge in [-0.15, -0.1) is 0 Å². The van der Waals surface area contributed by atoms with Crippen molar-refractivity contribution in [3.05, 3.63) is 165 Å². The number of quaternary nitrogens is 1. The molecule has 0 saturated heterocycles. The zero-order valence-electron chi connectivity index (χ0n) is 62.8. The number of imidazole rings is 2. The molecule has 0 bridgehead atoms. The first-order chi connectivity index (χ1) is 48.7. The molecule has 0 fully saturated rings. The van der Waals surface area contributed by atoms with Crippen LogP contribution in [-0.2, 0) is 119 Å². The van der Waals surface area contributed by atoms with E-state index < -0.39 is 29.4 Å². The van der Waals surface area contributed by atoms with E-state index in [1.54, 1.807) is 217 Å². The zero-order valence-corrected chi connectivity index (χ0v) is 63.6. The molecule has 0 atom stereocenters. The van der Waals surface area contributed by atoms with Gasteiger partial charge >= 0.3 is 24.1 Å². The molecule has 0 aliphatic carbocycles. The fourth-order valence-electron chi connectivity index (χ4n) is 11.5. The number of esters is 1. The van der Waals surface area contributed by atoms with Crippen LogP contribution < -0.4 is 28.8 Å². The Kier molecular flexibility index (Phi) is 35.7. The fourth-order valence-corrected chi connectivity index (χ4v) is 11.5. The number of hydrogen-bond donors (Lipinski definition) is 4. The quantitative estimate of drug-likeness (QED) is 0.0134. The van der Waals surface area contributed by atoms with Crippen LogP contribution in [-0.4, -0.2) is 147 Å². The molecule has 0 aliphatic rings. The minimum atomic E-state index is -1.07. The van der Waals surface area contributed by atoms with E-state index in [1.807, 2.05) is 0 Å². The van der Waals surface area contributed by atoms with Crippen LogP contribution in [0.5, 0.6) is 0 Å². The summed E-state index contributed by atoms with van der Waals surface area (Å²) >= 11 is 0. The standard InChI is InChI=1S/C38H48N6O7.C31H36N6O7.C6H13NO2.3CH4.ClH/c1-24(45)12-10-9-11-13-32(46)29-14-25(20-41(29)5)16-33(47)30-15-26(21-42(30)6)17-35(49)36-39-28(23-44(36)8)19-34(48)31-18-27(22-43(31)7)40-37(50)51-38(2,3)4;1-31(2,3)44-30(43)33-20-12-23(36(6)16-20)26(39)13-21-17-37(7)28(32-21)27(40)11-18-8-22(34(4)14-18)25(38)10-19-9-24(29(41)42)35(5)15-19;1-9-6(8)4-2-3-5-7;;;;/h14-15,18,20-23H,9-13,16-17,19H2,1-8H3,(H,40,50);8-9,12,14-17H,10-11,13H2,1-7H3,(H,33,43)(H,41,42);2-5,7H2,1H3;3*1H4;1H. The van der Waals surface area contributed by atoms with E-state index >= 15 is 0 Å². The molecular weight excluding hydrogens is 1410 g/mol. The maximum Gasteiger partial charge on any atom is 0.412 e. The number of carbonyl (C=O) groups excluding carboxylic acids is 11. The average Bonchev–Trinajstić information content (AvgIpc) is 1.67. The molecule has 0 aromatic carbocycles. The van der Waals surface area contributed by atoms with E-state index in [4.69, 9.17) is 9.47 Å². The van der Waals surface area contributed by atoms with Crippen LogP contribution in [0, 0.1) is 0 Å². The number of carboxylic acid groups (broad SMARTS) is 1. The molecule has 6 N–H and O–H groups in total. The van der Waals surface area contributed by atoms with E-state index in [1.165, 1.54) is 17.7 Å². The molecule has 108 heavy (non-hydrogen) atoms. The number of halogens is 1. The van der Waals surface area contributed by atoms with Crippen molar-refractivity contribution in [1.82, 2.24) is 46.5 Å². The first-order valence-electron chi connectivity index (χ1n) is 34.0. The van der Waals surface area contributed by atoms with Crippen LogP contribution in [0.4, 0.5) is 21.0 Å². The monoisotopic (exact) mass is 1520 g/mol. The van der Waals surface area contributed by atoms with Crippen molar-refractivity contribution in [2.45, 2.75) is 172 Å². The zero-order chi connectivity index (χ0) is 77.2. The Balaban J connectivity index is 0.000000640. The number of methoxy groups -OCH3 is 1. The lowest BCUT2D eigenvalue weighted by Gasteiger charge is -2.19. The maximum absolute atomic E-state index is 13.3. The molecular formula is C78H110ClN13O16. The molecule has 0 saturated carbocycles. The number of carboxylic acids is 1. The van der Waals surface area contributed by atoms with Gasteiger partial charge in [-0.2, -0.15) is 0 Å². The highest BCUT2D eigenvalue weighted by molar-refractivity contribution is 6.02. The Morgan fingerprint density at radius 3 is 1.06 bits per heavy atom. The number of aromatic nitrogens is 10. The molecule has 0 aliphatic heterocycles. The van der Waals surface area contributed by atoms with Gasteiger partial charge in [0, 0.05) is 151 Å². The second-order valence-corrected chi connectivity index (χ2v) is 27.9. The Hall–Kier alpha value is -10.8. The van der Waals surface area contributed by atoms with Gasteiger partial charge in [0.1, 0.15) is 22.7 Å². The fraction of sp³-hybridized carbons (Fsp3) is 0.462. The molecule has 30 heteroatoms. The Morgan fingerprint density at radius 2 is 0.722 bits per heavy atom. The number of nitrogens with one attached hydrogen (secondary N) is 2. The highest BCUT2D eigenvalue weighted by Gasteiger charge is 2.26. The van der Waals surface area contributed by atoms with Gasteiger partial charge in [0.25, 0.3) is 0 Å². The first-order valence-corrected chi connectivity index (χ1v) is 34.0. The summed E-state index contributed by atoms with van der Waals surface area (Å²) in [4.78, 5) is 158. The van der Waals surface area contributed by atoms with Crippen LogP contribution in [0.1, 0.15) is 240 Å². The molecule has 2 amide bonds. The predicted octanol–water partition coefficient (Wildman–Crippen LogP) is 8.02. The van der Waals surface area contributed by atoms with Gasteiger partial charge in [0.2, 0.25) is 11.6 Å². The maximum atomic E-state index is 13.3. The summed E-state index contributed by atoms with van der Waals surface area (Å²) in [5.74, 6) is -2.08.